The molecule has 2 fully saturated rings. The molecule has 0 aromatic carbocycles. The van der Waals surface area contributed by atoms with E-state index in [9.17, 15) is 0 Å². The van der Waals surface area contributed by atoms with Crippen LogP contribution in [0.4, 0.5) is 0 Å². The topological polar surface area (TPSA) is 38.5 Å². The number of hydrogen-bond donors (Lipinski definition) is 1. The van der Waals surface area contributed by atoms with Crippen molar-refractivity contribution in [1.29, 1.82) is 0 Å². The van der Waals surface area contributed by atoms with Gasteiger partial charge < -0.3 is 15.4 Å². The molecule has 0 spiro atoms. The third kappa shape index (κ3) is 2.96. The first-order valence-electron chi connectivity index (χ1n) is 6.62. The van der Waals surface area contributed by atoms with E-state index < -0.39 is 0 Å². The van der Waals surface area contributed by atoms with Gasteiger partial charge in [-0.3, -0.25) is 0 Å². The molecule has 0 radical (unpaired) electrons. The predicted molar refractivity (Wildman–Crippen MR) is 66.4 cm³/mol. The summed E-state index contributed by atoms with van der Waals surface area (Å²) >= 11 is 0. The molecule has 2 atom stereocenters. The molecular weight excluding hydrogens is 200 g/mol. The first kappa shape index (κ1) is 12.3. The molecule has 94 valence electrons. The Kier molecular flexibility index (Phi) is 3.88. The van der Waals surface area contributed by atoms with Gasteiger partial charge in [-0.25, -0.2) is 0 Å². The molecule has 0 aromatic rings. The van der Waals surface area contributed by atoms with E-state index in [4.69, 9.17) is 10.5 Å². The smallest absolute Gasteiger partial charge is 0.0468 e. The third-order valence-corrected chi connectivity index (χ3v) is 4.41. The maximum atomic E-state index is 6.05. The highest BCUT2D eigenvalue weighted by molar-refractivity contribution is 4.96. The lowest BCUT2D eigenvalue weighted by molar-refractivity contribution is 0.113. The summed E-state index contributed by atoms with van der Waals surface area (Å²) in [5.74, 6) is 0.659. The second-order valence-corrected chi connectivity index (χ2v) is 5.91. The number of methoxy groups -OCH3 is 1. The molecule has 2 aliphatic rings. The molecule has 2 rings (SSSR count). The van der Waals surface area contributed by atoms with Crippen molar-refractivity contribution in [2.75, 3.05) is 33.4 Å². The Hall–Kier alpha value is -0.120. The molecule has 2 unspecified atom stereocenters. The normalized spacial score (nSPS) is 33.9. The van der Waals surface area contributed by atoms with E-state index in [1.54, 1.807) is 7.11 Å². The zero-order valence-electron chi connectivity index (χ0n) is 10.7. The fourth-order valence-corrected chi connectivity index (χ4v) is 2.85. The fourth-order valence-electron chi connectivity index (χ4n) is 2.85. The quantitative estimate of drug-likeness (QED) is 0.771. The molecule has 3 heteroatoms. The van der Waals surface area contributed by atoms with Crippen LogP contribution in [0.25, 0.3) is 0 Å². The number of nitrogens with zero attached hydrogens (tertiary/aromatic N) is 1. The van der Waals surface area contributed by atoms with Gasteiger partial charge in [-0.2, -0.15) is 0 Å². The average molecular weight is 226 g/mol. The minimum Gasteiger partial charge on any atom is -0.385 e. The molecule has 1 aliphatic heterocycles. The number of ether oxygens (including phenoxy) is 1. The van der Waals surface area contributed by atoms with Crippen molar-refractivity contribution in [3.63, 3.8) is 0 Å². The van der Waals surface area contributed by atoms with Crippen LogP contribution in [0.15, 0.2) is 0 Å². The van der Waals surface area contributed by atoms with Gasteiger partial charge in [0.25, 0.3) is 0 Å². The van der Waals surface area contributed by atoms with Gasteiger partial charge in [-0.1, -0.05) is 6.92 Å². The lowest BCUT2D eigenvalue weighted by Gasteiger charge is -2.37. The van der Waals surface area contributed by atoms with E-state index in [0.717, 1.165) is 6.61 Å². The van der Waals surface area contributed by atoms with E-state index in [1.165, 1.54) is 45.3 Å². The summed E-state index contributed by atoms with van der Waals surface area (Å²) in [5, 5.41) is 0. The maximum absolute atomic E-state index is 6.05. The monoisotopic (exact) mass is 226 g/mol. The van der Waals surface area contributed by atoms with Crippen LogP contribution in [0.2, 0.25) is 0 Å². The van der Waals surface area contributed by atoms with Gasteiger partial charge in [-0.15, -0.1) is 0 Å². The largest absolute Gasteiger partial charge is 0.385 e. The SMILES string of the molecule is COCCC1(CN2CCC(N)C(C)C2)CC1. The molecule has 3 nitrogen and oxygen atoms in total. The van der Waals surface area contributed by atoms with Gasteiger partial charge in [0.05, 0.1) is 0 Å². The van der Waals surface area contributed by atoms with Crippen LogP contribution in [0.1, 0.15) is 32.6 Å². The molecule has 1 saturated carbocycles. The highest BCUT2D eigenvalue weighted by Gasteiger charge is 2.43. The van der Waals surface area contributed by atoms with Gasteiger partial charge in [0.1, 0.15) is 0 Å². The highest BCUT2D eigenvalue weighted by Crippen LogP contribution is 2.49. The first-order valence-corrected chi connectivity index (χ1v) is 6.62. The zero-order valence-corrected chi connectivity index (χ0v) is 10.7. The Bertz CT molecular complexity index is 228. The van der Waals surface area contributed by atoms with Crippen LogP contribution in [0.5, 0.6) is 0 Å². The molecule has 1 saturated heterocycles. The van der Waals surface area contributed by atoms with Crippen molar-refractivity contribution >= 4 is 0 Å². The summed E-state index contributed by atoms with van der Waals surface area (Å²) in [4.78, 5) is 2.62. The van der Waals surface area contributed by atoms with Crippen molar-refractivity contribution < 1.29 is 4.74 Å². The second kappa shape index (κ2) is 5.03. The Labute approximate surface area is 99.3 Å². The van der Waals surface area contributed by atoms with Crippen LogP contribution >= 0.6 is 0 Å². The summed E-state index contributed by atoms with van der Waals surface area (Å²) in [7, 11) is 1.80. The molecule has 1 aliphatic carbocycles. The van der Waals surface area contributed by atoms with Crippen molar-refractivity contribution in [1.82, 2.24) is 4.90 Å². The van der Waals surface area contributed by atoms with Gasteiger partial charge in [0.15, 0.2) is 0 Å². The molecular formula is C13H26N2O. The van der Waals surface area contributed by atoms with E-state index in [2.05, 4.69) is 11.8 Å². The second-order valence-electron chi connectivity index (χ2n) is 5.91. The van der Waals surface area contributed by atoms with E-state index in [1.807, 2.05) is 0 Å². The maximum Gasteiger partial charge on any atom is 0.0468 e. The fraction of sp³-hybridized carbons (Fsp3) is 1.00. The Balaban J connectivity index is 1.77. The van der Waals surface area contributed by atoms with E-state index in [0.29, 0.717) is 17.4 Å². The van der Waals surface area contributed by atoms with Gasteiger partial charge >= 0.3 is 0 Å². The third-order valence-electron chi connectivity index (χ3n) is 4.41. The molecule has 0 bridgehead atoms. The number of rotatable bonds is 5. The van der Waals surface area contributed by atoms with E-state index >= 15 is 0 Å². The lowest BCUT2D eigenvalue weighted by Crippen LogP contribution is -2.47. The molecule has 1 heterocycles. The zero-order chi connectivity index (χ0) is 11.6. The standard InChI is InChI=1S/C13H26N2O/c1-11-9-15(7-3-12(11)14)10-13(4-5-13)6-8-16-2/h11-12H,3-10,14H2,1-2H3. The number of likely N-dealkylation sites (tertiary alicyclic amines) is 1. The van der Waals surface area contributed by atoms with Crippen molar-refractivity contribution in [3.8, 4) is 0 Å². The van der Waals surface area contributed by atoms with E-state index in [-0.39, 0.29) is 0 Å². The highest BCUT2D eigenvalue weighted by atomic mass is 16.5. The summed E-state index contributed by atoms with van der Waals surface area (Å²) < 4.78 is 5.21. The minimum atomic E-state index is 0.422. The summed E-state index contributed by atoms with van der Waals surface area (Å²) in [6.45, 7) is 6.86. The number of hydrogen-bond acceptors (Lipinski definition) is 3. The lowest BCUT2D eigenvalue weighted by atomic mass is 9.93. The van der Waals surface area contributed by atoms with Crippen LogP contribution in [-0.4, -0.2) is 44.3 Å². The van der Waals surface area contributed by atoms with Gasteiger partial charge in [0.2, 0.25) is 0 Å². The van der Waals surface area contributed by atoms with Crippen LogP contribution in [0, 0.1) is 11.3 Å². The summed E-state index contributed by atoms with van der Waals surface area (Å²) in [6.07, 6.45) is 5.20. The van der Waals surface area contributed by atoms with Crippen LogP contribution in [-0.2, 0) is 4.74 Å². The van der Waals surface area contributed by atoms with Crippen LogP contribution in [0.3, 0.4) is 0 Å². The molecule has 0 amide bonds. The Morgan fingerprint density at radius 1 is 1.44 bits per heavy atom. The van der Waals surface area contributed by atoms with Crippen LogP contribution < -0.4 is 5.73 Å². The Morgan fingerprint density at radius 2 is 2.19 bits per heavy atom. The average Bonchev–Trinajstić information content (AvgIpc) is 3.01. The number of nitrogens with two attached hydrogens (primary N) is 1. The van der Waals surface area contributed by atoms with Crippen molar-refractivity contribution in [3.05, 3.63) is 0 Å². The molecule has 2 N–H and O–H groups in total. The molecule has 0 aromatic heterocycles. The number of piperidine rings is 1. The van der Waals surface area contributed by atoms with Gasteiger partial charge in [0, 0.05) is 32.8 Å². The van der Waals surface area contributed by atoms with Gasteiger partial charge in [-0.05, 0) is 43.6 Å². The summed E-state index contributed by atoms with van der Waals surface area (Å²) in [6, 6.07) is 0.422. The van der Waals surface area contributed by atoms with Crippen molar-refractivity contribution in [2.45, 2.75) is 38.6 Å². The predicted octanol–water partition coefficient (Wildman–Crippen LogP) is 1.47. The van der Waals surface area contributed by atoms with Crippen molar-refractivity contribution in [2.24, 2.45) is 17.1 Å². The summed E-state index contributed by atoms with van der Waals surface area (Å²) in [5.41, 5.74) is 6.65. The minimum absolute atomic E-state index is 0.422. The first-order chi connectivity index (χ1) is 7.65. The Morgan fingerprint density at radius 3 is 2.75 bits per heavy atom. The molecule has 16 heavy (non-hydrogen) atoms.